The maximum atomic E-state index is 12.3. The molecule has 2 aromatic rings. The summed E-state index contributed by atoms with van der Waals surface area (Å²) in [6.07, 6.45) is 3.07. The van der Waals surface area contributed by atoms with Crippen molar-refractivity contribution in [2.75, 3.05) is 25.1 Å². The molecule has 1 saturated heterocycles. The molecule has 0 bridgehead atoms. The fourth-order valence-electron chi connectivity index (χ4n) is 3.12. The molecule has 180 valence electrons. The molecule has 1 aliphatic heterocycles. The first-order valence-electron chi connectivity index (χ1n) is 10.5. The summed E-state index contributed by atoms with van der Waals surface area (Å²) in [5.41, 5.74) is 4.34. The van der Waals surface area contributed by atoms with Crippen LogP contribution in [0.4, 0.5) is 5.69 Å². The van der Waals surface area contributed by atoms with Crippen molar-refractivity contribution < 1.29 is 23.9 Å². The number of aryl methyl sites for hydroxylation is 1. The fraction of sp³-hybridized carbons (Fsp3) is 0.304. The van der Waals surface area contributed by atoms with Crippen LogP contribution in [0, 0.1) is 6.92 Å². The average molecular weight is 596 g/mol. The Bertz CT molecular complexity index is 1090. The highest BCUT2D eigenvalue weighted by atomic mass is 79.9. The second kappa shape index (κ2) is 12.6. The number of hydrogen-bond donors (Lipinski definition) is 3. The van der Waals surface area contributed by atoms with Crippen molar-refractivity contribution in [3.63, 3.8) is 0 Å². The van der Waals surface area contributed by atoms with Gasteiger partial charge in [0.1, 0.15) is 5.75 Å². The summed E-state index contributed by atoms with van der Waals surface area (Å²) < 4.78 is 12.7. The predicted octanol–water partition coefficient (Wildman–Crippen LogP) is 3.28. The minimum absolute atomic E-state index is 0.0633. The summed E-state index contributed by atoms with van der Waals surface area (Å²) in [6.45, 7) is 2.65. The number of rotatable bonds is 8. The van der Waals surface area contributed by atoms with Crippen molar-refractivity contribution in [1.29, 1.82) is 0 Å². The number of hydrogen-bond acceptors (Lipinski definition) is 6. The molecule has 1 fully saturated rings. The summed E-state index contributed by atoms with van der Waals surface area (Å²) >= 11 is 6.79. The first-order valence-corrected chi connectivity index (χ1v) is 12.1. The summed E-state index contributed by atoms with van der Waals surface area (Å²) in [6, 6.07) is 10.6. The van der Waals surface area contributed by atoms with Gasteiger partial charge in [0.2, 0.25) is 0 Å². The third kappa shape index (κ3) is 7.93. The Balaban J connectivity index is 1.52. The normalized spacial score (nSPS) is 15.2. The third-order valence-electron chi connectivity index (χ3n) is 4.86. The molecule has 3 rings (SSSR count). The van der Waals surface area contributed by atoms with Crippen LogP contribution in [0.25, 0.3) is 0 Å². The van der Waals surface area contributed by atoms with Crippen molar-refractivity contribution in [3.8, 4) is 5.75 Å². The van der Waals surface area contributed by atoms with Gasteiger partial charge in [-0.05, 0) is 61.7 Å². The van der Waals surface area contributed by atoms with Gasteiger partial charge in [0, 0.05) is 33.3 Å². The van der Waals surface area contributed by atoms with E-state index < -0.39 is 11.8 Å². The summed E-state index contributed by atoms with van der Waals surface area (Å²) in [7, 11) is 0. The molecule has 0 spiro atoms. The number of ether oxygens (including phenoxy) is 2. The van der Waals surface area contributed by atoms with Gasteiger partial charge in [0.15, 0.2) is 6.61 Å². The zero-order chi connectivity index (χ0) is 24.5. The van der Waals surface area contributed by atoms with Crippen molar-refractivity contribution in [2.45, 2.75) is 25.9 Å². The lowest BCUT2D eigenvalue weighted by molar-refractivity contribution is -0.139. The van der Waals surface area contributed by atoms with Gasteiger partial charge in [-0.3, -0.25) is 14.4 Å². The van der Waals surface area contributed by atoms with Gasteiger partial charge < -0.3 is 20.1 Å². The molecule has 3 N–H and O–H groups in total. The Morgan fingerprint density at radius 2 is 2.00 bits per heavy atom. The second-order valence-corrected chi connectivity index (χ2v) is 9.30. The average Bonchev–Trinajstić information content (AvgIpc) is 3.33. The van der Waals surface area contributed by atoms with Crippen molar-refractivity contribution >= 4 is 61.5 Å². The quantitative estimate of drug-likeness (QED) is 0.246. The van der Waals surface area contributed by atoms with Crippen LogP contribution >= 0.6 is 31.9 Å². The van der Waals surface area contributed by atoms with Crippen LogP contribution < -0.4 is 20.8 Å². The van der Waals surface area contributed by atoms with Crippen molar-refractivity contribution in [2.24, 2.45) is 5.10 Å². The SMILES string of the molecule is Cc1cc(NC(=O)COc2ccc(Br)cc2/C=N\NC(=O)C(=O)NC[C@@H]2CCCO2)ccc1Br. The Morgan fingerprint density at radius 1 is 1.18 bits per heavy atom. The zero-order valence-corrected chi connectivity index (χ0v) is 21.6. The first kappa shape index (κ1) is 25.9. The number of anilines is 1. The van der Waals surface area contributed by atoms with Crippen LogP contribution in [-0.2, 0) is 19.1 Å². The van der Waals surface area contributed by atoms with Crippen LogP contribution in [0.5, 0.6) is 5.75 Å². The number of carbonyl (C=O) groups excluding carboxylic acids is 3. The van der Waals surface area contributed by atoms with Gasteiger partial charge in [0.05, 0.1) is 12.3 Å². The number of nitrogens with zero attached hydrogens (tertiary/aromatic N) is 1. The monoisotopic (exact) mass is 594 g/mol. The molecule has 0 aromatic heterocycles. The van der Waals surface area contributed by atoms with E-state index in [9.17, 15) is 14.4 Å². The largest absolute Gasteiger partial charge is 0.483 e. The molecule has 0 saturated carbocycles. The van der Waals surface area contributed by atoms with Gasteiger partial charge in [0.25, 0.3) is 5.91 Å². The number of nitrogens with one attached hydrogen (secondary N) is 3. The highest BCUT2D eigenvalue weighted by Crippen LogP contribution is 2.23. The van der Waals surface area contributed by atoms with Gasteiger partial charge >= 0.3 is 11.8 Å². The molecular weight excluding hydrogens is 572 g/mol. The van der Waals surface area contributed by atoms with E-state index in [0.717, 1.165) is 27.4 Å². The Morgan fingerprint density at radius 3 is 2.74 bits per heavy atom. The molecule has 2 aromatic carbocycles. The highest BCUT2D eigenvalue weighted by Gasteiger charge is 2.19. The van der Waals surface area contributed by atoms with E-state index in [1.54, 1.807) is 24.3 Å². The molecule has 0 radical (unpaired) electrons. The smallest absolute Gasteiger partial charge is 0.329 e. The van der Waals surface area contributed by atoms with E-state index in [4.69, 9.17) is 9.47 Å². The molecule has 3 amide bonds. The lowest BCUT2D eigenvalue weighted by Gasteiger charge is -2.11. The van der Waals surface area contributed by atoms with E-state index in [1.165, 1.54) is 6.21 Å². The second-order valence-electron chi connectivity index (χ2n) is 7.53. The number of benzene rings is 2. The molecule has 11 heteroatoms. The maximum absolute atomic E-state index is 12.3. The third-order valence-corrected chi connectivity index (χ3v) is 6.25. The topological polar surface area (TPSA) is 118 Å². The molecule has 0 aliphatic carbocycles. The number of carbonyl (C=O) groups is 3. The molecule has 0 unspecified atom stereocenters. The van der Waals surface area contributed by atoms with Gasteiger partial charge in [-0.2, -0.15) is 5.10 Å². The van der Waals surface area contributed by atoms with E-state index in [0.29, 0.717) is 23.6 Å². The number of amides is 3. The molecule has 34 heavy (non-hydrogen) atoms. The maximum Gasteiger partial charge on any atom is 0.329 e. The standard InChI is InChI=1S/C23H24Br2N4O5/c1-14-9-17(5-6-19(14)25)28-21(30)13-34-20-7-4-16(24)10-15(20)11-27-29-23(32)22(31)26-12-18-3-2-8-33-18/h4-7,9-11,18H,2-3,8,12-13H2,1H3,(H,26,31)(H,28,30)(H,29,32)/b27-11-/t18-/m0/s1. The highest BCUT2D eigenvalue weighted by molar-refractivity contribution is 9.10. The number of halogens is 2. The Labute approximate surface area is 213 Å². The molecule has 9 nitrogen and oxygen atoms in total. The first-order chi connectivity index (χ1) is 16.3. The Kier molecular flexibility index (Phi) is 9.61. The van der Waals surface area contributed by atoms with Gasteiger partial charge in [-0.25, -0.2) is 5.43 Å². The lowest BCUT2D eigenvalue weighted by atomic mass is 10.2. The van der Waals surface area contributed by atoms with Gasteiger partial charge in [-0.1, -0.05) is 31.9 Å². The minimum atomic E-state index is -0.893. The lowest BCUT2D eigenvalue weighted by Crippen LogP contribution is -2.41. The Hall–Kier alpha value is -2.76. The van der Waals surface area contributed by atoms with E-state index in [2.05, 4.69) is 53.0 Å². The van der Waals surface area contributed by atoms with E-state index in [1.807, 2.05) is 19.1 Å². The predicted molar refractivity (Wildman–Crippen MR) is 135 cm³/mol. The van der Waals surface area contributed by atoms with E-state index in [-0.39, 0.29) is 25.2 Å². The molecule has 1 aliphatic rings. The molecule has 1 atom stereocenters. The summed E-state index contributed by atoms with van der Waals surface area (Å²) in [4.78, 5) is 36.1. The van der Waals surface area contributed by atoms with E-state index >= 15 is 0 Å². The summed E-state index contributed by atoms with van der Waals surface area (Å²) in [5, 5.41) is 9.13. The van der Waals surface area contributed by atoms with Crippen LogP contribution in [0.15, 0.2) is 50.4 Å². The van der Waals surface area contributed by atoms with Crippen LogP contribution in [0.2, 0.25) is 0 Å². The van der Waals surface area contributed by atoms with Crippen LogP contribution in [0.1, 0.15) is 24.0 Å². The van der Waals surface area contributed by atoms with Crippen LogP contribution in [0.3, 0.4) is 0 Å². The minimum Gasteiger partial charge on any atom is -0.483 e. The van der Waals surface area contributed by atoms with Gasteiger partial charge in [-0.15, -0.1) is 0 Å². The molecule has 1 heterocycles. The molecular formula is C23H24Br2N4O5. The van der Waals surface area contributed by atoms with Crippen molar-refractivity contribution in [1.82, 2.24) is 10.7 Å². The number of hydrazone groups is 1. The van der Waals surface area contributed by atoms with Crippen LogP contribution in [-0.4, -0.2) is 49.8 Å². The zero-order valence-electron chi connectivity index (χ0n) is 18.4. The summed E-state index contributed by atoms with van der Waals surface area (Å²) in [5.74, 6) is -1.64. The van der Waals surface area contributed by atoms with Crippen molar-refractivity contribution in [3.05, 3.63) is 56.5 Å². The fourth-order valence-corrected chi connectivity index (χ4v) is 3.74.